The van der Waals surface area contributed by atoms with Gasteiger partial charge >= 0.3 is 0 Å². The van der Waals surface area contributed by atoms with E-state index in [9.17, 15) is 4.79 Å². The van der Waals surface area contributed by atoms with E-state index < -0.39 is 0 Å². The van der Waals surface area contributed by atoms with E-state index >= 15 is 0 Å². The molecule has 3 nitrogen and oxygen atoms in total. The average molecular weight is 249 g/mol. The summed E-state index contributed by atoms with van der Waals surface area (Å²) >= 11 is 0. The summed E-state index contributed by atoms with van der Waals surface area (Å²) in [5, 5.41) is 2.99. The normalized spacial score (nSPS) is 11.4. The van der Waals surface area contributed by atoms with Gasteiger partial charge in [0.2, 0.25) is 0 Å². The Kier molecular flexibility index (Phi) is 4.91. The molecule has 1 aromatic rings. The molecule has 1 aromatic carbocycles. The highest BCUT2D eigenvalue weighted by atomic mass is 16.5. The van der Waals surface area contributed by atoms with Gasteiger partial charge in [0, 0.05) is 24.1 Å². The minimum Gasteiger partial charge on any atom is -0.496 e. The van der Waals surface area contributed by atoms with Gasteiger partial charge in [-0.05, 0) is 30.7 Å². The molecule has 0 saturated heterocycles. The van der Waals surface area contributed by atoms with E-state index in [-0.39, 0.29) is 11.2 Å². The quantitative estimate of drug-likeness (QED) is 0.815. The molecule has 18 heavy (non-hydrogen) atoms. The Bertz CT molecular complexity index is 419. The molecule has 0 fully saturated rings. The van der Waals surface area contributed by atoms with E-state index in [4.69, 9.17) is 4.74 Å². The van der Waals surface area contributed by atoms with E-state index in [1.165, 1.54) is 0 Å². The summed E-state index contributed by atoms with van der Waals surface area (Å²) in [6, 6.07) is 5.68. The van der Waals surface area contributed by atoms with Crippen LogP contribution in [0.1, 0.15) is 43.1 Å². The fraction of sp³-hybridized carbons (Fsp3) is 0.533. The molecule has 0 bridgehead atoms. The van der Waals surface area contributed by atoms with Crippen LogP contribution >= 0.6 is 0 Å². The first kappa shape index (κ1) is 14.7. The van der Waals surface area contributed by atoms with Crippen LogP contribution in [0.3, 0.4) is 0 Å². The predicted molar refractivity (Wildman–Crippen MR) is 74.6 cm³/mol. The minimum absolute atomic E-state index is 0.0371. The summed E-state index contributed by atoms with van der Waals surface area (Å²) in [7, 11) is 3.51. The fourth-order valence-corrected chi connectivity index (χ4v) is 1.85. The van der Waals surface area contributed by atoms with Crippen molar-refractivity contribution in [2.24, 2.45) is 0 Å². The Morgan fingerprint density at radius 2 is 2.00 bits per heavy atom. The molecule has 3 heteroatoms. The molecule has 0 saturated carbocycles. The van der Waals surface area contributed by atoms with E-state index in [0.29, 0.717) is 13.0 Å². The van der Waals surface area contributed by atoms with Gasteiger partial charge in [-0.1, -0.05) is 20.8 Å². The number of carbonyl (C=O) groups is 1. The molecule has 0 aliphatic rings. The van der Waals surface area contributed by atoms with Crippen LogP contribution in [0.2, 0.25) is 0 Å². The van der Waals surface area contributed by atoms with Crippen molar-refractivity contribution in [1.29, 1.82) is 0 Å². The molecule has 0 heterocycles. The van der Waals surface area contributed by atoms with Gasteiger partial charge in [-0.15, -0.1) is 0 Å². The molecule has 1 N–H and O–H groups in total. The van der Waals surface area contributed by atoms with E-state index in [0.717, 1.165) is 16.9 Å². The lowest BCUT2D eigenvalue weighted by Gasteiger charge is -2.22. The molecule has 0 aliphatic heterocycles. The average Bonchev–Trinajstić information content (AvgIpc) is 2.34. The van der Waals surface area contributed by atoms with E-state index in [1.807, 2.05) is 25.2 Å². The second-order valence-corrected chi connectivity index (χ2v) is 5.44. The summed E-state index contributed by atoms with van der Waals surface area (Å²) in [6.07, 6.45) is 0.520. The second kappa shape index (κ2) is 6.01. The highest BCUT2D eigenvalue weighted by molar-refractivity contribution is 5.96. The van der Waals surface area contributed by atoms with Crippen LogP contribution in [0, 0.1) is 0 Å². The number of Topliss-reactive ketones (excluding diaryl/α,β-unsaturated/α-hetero) is 1. The van der Waals surface area contributed by atoms with Gasteiger partial charge in [0.15, 0.2) is 5.78 Å². The molecule has 0 unspecified atom stereocenters. The third-order valence-corrected chi connectivity index (χ3v) is 2.93. The first-order valence-electron chi connectivity index (χ1n) is 6.26. The standard InChI is InChI=1S/C15H23NO2/c1-15(2,3)12-10-11(6-7-14(12)18-5)13(17)8-9-16-4/h6-7,10,16H,8-9H2,1-5H3. The van der Waals surface area contributed by atoms with Crippen LogP contribution < -0.4 is 10.1 Å². The van der Waals surface area contributed by atoms with Crippen LogP contribution in [-0.2, 0) is 5.41 Å². The Hall–Kier alpha value is -1.35. The molecule has 0 spiro atoms. The Labute approximate surface area is 110 Å². The third kappa shape index (κ3) is 3.57. The number of nitrogens with one attached hydrogen (secondary N) is 1. The lowest BCUT2D eigenvalue weighted by atomic mass is 9.85. The van der Waals surface area contributed by atoms with Gasteiger partial charge in [-0.25, -0.2) is 0 Å². The fourth-order valence-electron chi connectivity index (χ4n) is 1.85. The van der Waals surface area contributed by atoms with Crippen molar-refractivity contribution in [3.63, 3.8) is 0 Å². The van der Waals surface area contributed by atoms with Crippen LogP contribution in [-0.4, -0.2) is 26.5 Å². The van der Waals surface area contributed by atoms with Crippen LogP contribution in [0.15, 0.2) is 18.2 Å². The molecular weight excluding hydrogens is 226 g/mol. The number of hydrogen-bond acceptors (Lipinski definition) is 3. The maximum absolute atomic E-state index is 12.0. The SMILES string of the molecule is CNCCC(=O)c1ccc(OC)c(C(C)(C)C)c1. The van der Waals surface area contributed by atoms with Crippen molar-refractivity contribution in [3.8, 4) is 5.75 Å². The van der Waals surface area contributed by atoms with Gasteiger partial charge in [0.1, 0.15) is 5.75 Å². The zero-order chi connectivity index (χ0) is 13.8. The number of benzene rings is 1. The maximum atomic E-state index is 12.0. The van der Waals surface area contributed by atoms with Crippen molar-refractivity contribution in [1.82, 2.24) is 5.32 Å². The molecule has 0 aromatic heterocycles. The summed E-state index contributed by atoms with van der Waals surface area (Å²) in [5.74, 6) is 1.00. The highest BCUT2D eigenvalue weighted by Gasteiger charge is 2.20. The number of methoxy groups -OCH3 is 1. The van der Waals surface area contributed by atoms with Gasteiger partial charge in [-0.3, -0.25) is 4.79 Å². The van der Waals surface area contributed by atoms with Gasteiger partial charge < -0.3 is 10.1 Å². The molecule has 1 rings (SSSR count). The topological polar surface area (TPSA) is 38.3 Å². The number of ketones is 1. The Morgan fingerprint density at radius 3 is 2.50 bits per heavy atom. The summed E-state index contributed by atoms with van der Waals surface area (Å²) in [6.45, 7) is 7.06. The smallest absolute Gasteiger partial charge is 0.164 e. The maximum Gasteiger partial charge on any atom is 0.164 e. The van der Waals surface area contributed by atoms with Crippen molar-refractivity contribution in [3.05, 3.63) is 29.3 Å². The lowest BCUT2D eigenvalue weighted by Crippen LogP contribution is -2.16. The molecule has 100 valence electrons. The first-order chi connectivity index (χ1) is 8.40. The monoisotopic (exact) mass is 249 g/mol. The molecule has 0 atom stereocenters. The Balaban J connectivity index is 3.07. The number of carbonyl (C=O) groups excluding carboxylic acids is 1. The largest absolute Gasteiger partial charge is 0.496 e. The van der Waals surface area contributed by atoms with Crippen molar-refractivity contribution in [2.75, 3.05) is 20.7 Å². The van der Waals surface area contributed by atoms with Gasteiger partial charge in [0.05, 0.1) is 7.11 Å². The van der Waals surface area contributed by atoms with Crippen molar-refractivity contribution in [2.45, 2.75) is 32.6 Å². The number of ether oxygens (including phenoxy) is 1. The van der Waals surface area contributed by atoms with Crippen molar-refractivity contribution >= 4 is 5.78 Å². The summed E-state index contributed by atoms with van der Waals surface area (Å²) in [5.41, 5.74) is 1.79. The highest BCUT2D eigenvalue weighted by Crippen LogP contribution is 2.32. The second-order valence-electron chi connectivity index (χ2n) is 5.44. The molecular formula is C15H23NO2. The number of hydrogen-bond donors (Lipinski definition) is 1. The van der Waals surface area contributed by atoms with E-state index in [1.54, 1.807) is 7.11 Å². The number of rotatable bonds is 5. The molecule has 0 aliphatic carbocycles. The van der Waals surface area contributed by atoms with Gasteiger partial charge in [-0.2, -0.15) is 0 Å². The third-order valence-electron chi connectivity index (χ3n) is 2.93. The molecule has 0 radical (unpaired) electrons. The zero-order valence-corrected chi connectivity index (χ0v) is 12.0. The van der Waals surface area contributed by atoms with Crippen molar-refractivity contribution < 1.29 is 9.53 Å². The van der Waals surface area contributed by atoms with Crippen LogP contribution in [0.4, 0.5) is 0 Å². The summed E-state index contributed by atoms with van der Waals surface area (Å²) < 4.78 is 5.36. The predicted octanol–water partition coefficient (Wildman–Crippen LogP) is 2.78. The molecule has 0 amide bonds. The van der Waals surface area contributed by atoms with E-state index in [2.05, 4.69) is 26.1 Å². The lowest BCUT2D eigenvalue weighted by molar-refractivity contribution is 0.0983. The first-order valence-corrected chi connectivity index (χ1v) is 6.26. The summed E-state index contributed by atoms with van der Waals surface area (Å²) in [4.78, 5) is 12.0. The Morgan fingerprint density at radius 1 is 1.33 bits per heavy atom. The zero-order valence-electron chi connectivity index (χ0n) is 12.0. The van der Waals surface area contributed by atoms with Crippen LogP contribution in [0.25, 0.3) is 0 Å². The van der Waals surface area contributed by atoms with Gasteiger partial charge in [0.25, 0.3) is 0 Å². The van der Waals surface area contributed by atoms with Crippen LogP contribution in [0.5, 0.6) is 5.75 Å². The minimum atomic E-state index is -0.0371.